The number of nitrogens with one attached hydrogen (secondary N) is 1. The van der Waals surface area contributed by atoms with Gasteiger partial charge in [-0.2, -0.15) is 0 Å². The Balaban J connectivity index is 1.82. The Morgan fingerprint density at radius 2 is 2.00 bits per heavy atom. The van der Waals surface area contributed by atoms with Crippen molar-refractivity contribution in [3.8, 4) is 0 Å². The Labute approximate surface area is 119 Å². The molecule has 0 aliphatic carbocycles. The minimum atomic E-state index is 0.502. The number of likely N-dealkylation sites (N-methyl/N-ethyl adjacent to an activating group) is 1. The highest BCUT2D eigenvalue weighted by Gasteiger charge is 2.17. The topological polar surface area (TPSA) is 67.1 Å². The van der Waals surface area contributed by atoms with Gasteiger partial charge in [0.25, 0.3) is 0 Å². The van der Waals surface area contributed by atoms with Crippen molar-refractivity contribution in [2.75, 3.05) is 30.8 Å². The van der Waals surface area contributed by atoms with Gasteiger partial charge in [0.05, 0.1) is 11.0 Å². The predicted octanol–water partition coefficient (Wildman–Crippen LogP) is 1.79. The standard InChI is InChI=1S/C15H21N5/c1-20(10-11-6-4-5-9-17-11)15-14(16)18-12-7-2-3-8-13(12)19-15/h2-3,7-8,11,17H,4-6,9-10H2,1H3,(H2,16,18)/t11-/m0/s1. The first kappa shape index (κ1) is 13.1. The third-order valence-electron chi connectivity index (χ3n) is 3.85. The van der Waals surface area contributed by atoms with Gasteiger partial charge in [0.15, 0.2) is 11.6 Å². The molecule has 0 unspecified atom stereocenters. The van der Waals surface area contributed by atoms with Crippen LogP contribution in [0.5, 0.6) is 0 Å². The van der Waals surface area contributed by atoms with Crippen LogP contribution >= 0.6 is 0 Å². The molecule has 3 N–H and O–H groups in total. The second-order valence-corrected chi connectivity index (χ2v) is 5.45. The number of aromatic nitrogens is 2. The maximum Gasteiger partial charge on any atom is 0.171 e. The number of nitrogens with zero attached hydrogens (tertiary/aromatic N) is 3. The molecule has 5 nitrogen and oxygen atoms in total. The van der Waals surface area contributed by atoms with Crippen LogP contribution in [0.4, 0.5) is 11.6 Å². The van der Waals surface area contributed by atoms with Crippen molar-refractivity contribution in [3.05, 3.63) is 24.3 Å². The second kappa shape index (κ2) is 5.63. The number of nitrogens with two attached hydrogens (primary N) is 1. The SMILES string of the molecule is CN(C[C@@H]1CCCCN1)c1nc2ccccc2nc1N. The van der Waals surface area contributed by atoms with E-state index in [1.54, 1.807) is 0 Å². The normalized spacial score (nSPS) is 19.1. The minimum absolute atomic E-state index is 0.502. The molecule has 0 amide bonds. The van der Waals surface area contributed by atoms with Gasteiger partial charge < -0.3 is 16.0 Å². The number of hydrogen-bond donors (Lipinski definition) is 2. The van der Waals surface area contributed by atoms with Gasteiger partial charge in [0.1, 0.15) is 0 Å². The average molecular weight is 271 g/mol. The lowest BCUT2D eigenvalue weighted by Crippen LogP contribution is -2.42. The van der Waals surface area contributed by atoms with E-state index in [1.807, 2.05) is 31.3 Å². The van der Waals surface area contributed by atoms with Gasteiger partial charge in [0, 0.05) is 19.6 Å². The summed E-state index contributed by atoms with van der Waals surface area (Å²) < 4.78 is 0. The van der Waals surface area contributed by atoms with Crippen LogP contribution in [0.3, 0.4) is 0 Å². The molecule has 1 saturated heterocycles. The molecule has 106 valence electrons. The average Bonchev–Trinajstić information content (AvgIpc) is 2.47. The van der Waals surface area contributed by atoms with E-state index in [0.29, 0.717) is 11.9 Å². The van der Waals surface area contributed by atoms with Crippen LogP contribution < -0.4 is 16.0 Å². The van der Waals surface area contributed by atoms with Gasteiger partial charge in [-0.15, -0.1) is 0 Å². The minimum Gasteiger partial charge on any atom is -0.381 e. The summed E-state index contributed by atoms with van der Waals surface area (Å²) in [7, 11) is 2.03. The maximum absolute atomic E-state index is 6.06. The fourth-order valence-corrected chi connectivity index (χ4v) is 2.78. The largest absolute Gasteiger partial charge is 0.381 e. The number of fused-ring (bicyclic) bond motifs is 1. The summed E-state index contributed by atoms with van der Waals surface area (Å²) in [5.41, 5.74) is 7.79. The summed E-state index contributed by atoms with van der Waals surface area (Å²) in [4.78, 5) is 11.2. The molecule has 20 heavy (non-hydrogen) atoms. The number of piperidine rings is 1. The summed E-state index contributed by atoms with van der Waals surface area (Å²) in [5, 5.41) is 3.55. The highest BCUT2D eigenvalue weighted by molar-refractivity contribution is 5.79. The number of benzene rings is 1. The first-order valence-corrected chi connectivity index (χ1v) is 7.21. The van der Waals surface area contributed by atoms with E-state index in [9.17, 15) is 0 Å². The zero-order valence-electron chi connectivity index (χ0n) is 11.8. The Morgan fingerprint density at radius 1 is 1.25 bits per heavy atom. The van der Waals surface area contributed by atoms with Gasteiger partial charge in [-0.1, -0.05) is 18.6 Å². The molecule has 2 heterocycles. The van der Waals surface area contributed by atoms with E-state index < -0.39 is 0 Å². The fraction of sp³-hybridized carbons (Fsp3) is 0.467. The predicted molar refractivity (Wildman–Crippen MR) is 82.9 cm³/mol. The Hall–Kier alpha value is -1.88. The molecule has 1 atom stereocenters. The van der Waals surface area contributed by atoms with Crippen LogP contribution in [0.25, 0.3) is 11.0 Å². The molecule has 0 bridgehead atoms. The van der Waals surface area contributed by atoms with E-state index in [2.05, 4.69) is 20.2 Å². The van der Waals surface area contributed by atoms with Gasteiger partial charge in [-0.05, 0) is 31.5 Å². The summed E-state index contributed by atoms with van der Waals surface area (Å²) in [6.45, 7) is 2.02. The lowest BCUT2D eigenvalue weighted by molar-refractivity contribution is 0.403. The molecule has 2 aromatic rings. The molecule has 1 aromatic heterocycles. The van der Waals surface area contributed by atoms with Crippen LogP contribution in [0.2, 0.25) is 0 Å². The van der Waals surface area contributed by atoms with E-state index in [1.165, 1.54) is 19.3 Å². The van der Waals surface area contributed by atoms with Gasteiger partial charge >= 0.3 is 0 Å². The van der Waals surface area contributed by atoms with Crippen molar-refractivity contribution in [2.24, 2.45) is 0 Å². The molecule has 1 aliphatic heterocycles. The monoisotopic (exact) mass is 271 g/mol. The first-order valence-electron chi connectivity index (χ1n) is 7.21. The van der Waals surface area contributed by atoms with Crippen molar-refractivity contribution in [2.45, 2.75) is 25.3 Å². The smallest absolute Gasteiger partial charge is 0.171 e. The number of hydrogen-bond acceptors (Lipinski definition) is 5. The third-order valence-corrected chi connectivity index (χ3v) is 3.85. The van der Waals surface area contributed by atoms with Crippen LogP contribution in [-0.2, 0) is 0 Å². The van der Waals surface area contributed by atoms with Crippen molar-refractivity contribution < 1.29 is 0 Å². The molecule has 0 spiro atoms. The molecule has 0 radical (unpaired) electrons. The lowest BCUT2D eigenvalue weighted by Gasteiger charge is -2.29. The highest BCUT2D eigenvalue weighted by Crippen LogP contribution is 2.22. The van der Waals surface area contributed by atoms with E-state index >= 15 is 0 Å². The Morgan fingerprint density at radius 3 is 2.70 bits per heavy atom. The number of rotatable bonds is 3. The first-order chi connectivity index (χ1) is 9.74. The van der Waals surface area contributed by atoms with Gasteiger partial charge in [-0.25, -0.2) is 9.97 Å². The zero-order chi connectivity index (χ0) is 13.9. The van der Waals surface area contributed by atoms with Gasteiger partial charge in [0.2, 0.25) is 0 Å². The van der Waals surface area contributed by atoms with Crippen LogP contribution in [0, 0.1) is 0 Å². The number of anilines is 2. The summed E-state index contributed by atoms with van der Waals surface area (Å²) >= 11 is 0. The van der Waals surface area contributed by atoms with Crippen LogP contribution in [-0.4, -0.2) is 36.1 Å². The molecule has 1 aromatic carbocycles. The quantitative estimate of drug-likeness (QED) is 0.891. The molecule has 0 saturated carbocycles. The number of para-hydroxylation sites is 2. The van der Waals surface area contributed by atoms with Crippen molar-refractivity contribution in [1.29, 1.82) is 0 Å². The highest BCUT2D eigenvalue weighted by atomic mass is 15.2. The lowest BCUT2D eigenvalue weighted by atomic mass is 10.0. The number of nitrogen functional groups attached to an aromatic ring is 1. The summed E-state index contributed by atoms with van der Waals surface area (Å²) in [6, 6.07) is 8.34. The van der Waals surface area contributed by atoms with Gasteiger partial charge in [-0.3, -0.25) is 0 Å². The zero-order valence-corrected chi connectivity index (χ0v) is 11.8. The third kappa shape index (κ3) is 2.67. The van der Waals surface area contributed by atoms with E-state index in [-0.39, 0.29) is 0 Å². The fourth-order valence-electron chi connectivity index (χ4n) is 2.78. The Kier molecular flexibility index (Phi) is 3.69. The Bertz CT molecular complexity index is 592. The molecule has 1 fully saturated rings. The van der Waals surface area contributed by atoms with Crippen LogP contribution in [0.15, 0.2) is 24.3 Å². The molecular formula is C15H21N5. The summed E-state index contributed by atoms with van der Waals surface area (Å²) in [6.07, 6.45) is 3.79. The van der Waals surface area contributed by atoms with Crippen molar-refractivity contribution >= 4 is 22.7 Å². The van der Waals surface area contributed by atoms with E-state index in [4.69, 9.17) is 5.73 Å². The summed E-state index contributed by atoms with van der Waals surface area (Å²) in [5.74, 6) is 1.28. The maximum atomic E-state index is 6.06. The molecular weight excluding hydrogens is 250 g/mol. The second-order valence-electron chi connectivity index (χ2n) is 5.45. The van der Waals surface area contributed by atoms with Crippen molar-refractivity contribution in [1.82, 2.24) is 15.3 Å². The van der Waals surface area contributed by atoms with Crippen molar-refractivity contribution in [3.63, 3.8) is 0 Å². The molecule has 5 heteroatoms. The molecule has 1 aliphatic rings. The van der Waals surface area contributed by atoms with Crippen LogP contribution in [0.1, 0.15) is 19.3 Å². The molecule has 3 rings (SSSR count). The van der Waals surface area contributed by atoms with E-state index in [0.717, 1.165) is 29.9 Å².